The van der Waals surface area contributed by atoms with Crippen LogP contribution in [0.15, 0.2) is 0 Å². The van der Waals surface area contributed by atoms with Crippen LogP contribution in [-0.4, -0.2) is 38.1 Å². The van der Waals surface area contributed by atoms with E-state index in [0.717, 1.165) is 6.54 Å². The van der Waals surface area contributed by atoms with Crippen LogP contribution in [0, 0.1) is 0 Å². The fraction of sp³-hybridized carbons (Fsp3) is 1.00. The van der Waals surface area contributed by atoms with Crippen LogP contribution in [0.2, 0.25) is 0 Å². The fourth-order valence-corrected chi connectivity index (χ4v) is 0.875. The molecule has 0 bridgehead atoms. The molecule has 0 aromatic carbocycles. The standard InChI is InChI=1S/C6H14N2.C2H6/c1-7-3-6-8-4-2-5-8;1-2/h7H,2-6H2,1H3;1-2H3. The van der Waals surface area contributed by atoms with Gasteiger partial charge in [0.25, 0.3) is 0 Å². The summed E-state index contributed by atoms with van der Waals surface area (Å²) in [4.78, 5) is 2.45. The molecule has 1 N–H and O–H groups in total. The smallest absolute Gasteiger partial charge is 0.0107 e. The average Bonchev–Trinajstić information content (AvgIpc) is 1.90. The van der Waals surface area contributed by atoms with Crippen molar-refractivity contribution in [2.75, 3.05) is 33.2 Å². The topological polar surface area (TPSA) is 15.3 Å². The third-order valence-corrected chi connectivity index (χ3v) is 1.63. The molecule has 0 spiro atoms. The lowest BCUT2D eigenvalue weighted by molar-refractivity contribution is 0.184. The lowest BCUT2D eigenvalue weighted by atomic mass is 10.2. The third-order valence-electron chi connectivity index (χ3n) is 1.63. The van der Waals surface area contributed by atoms with Crippen molar-refractivity contribution in [2.45, 2.75) is 20.3 Å². The van der Waals surface area contributed by atoms with Crippen LogP contribution < -0.4 is 5.32 Å². The highest BCUT2D eigenvalue weighted by Crippen LogP contribution is 2.02. The lowest BCUT2D eigenvalue weighted by Gasteiger charge is -2.30. The molecule has 0 unspecified atom stereocenters. The molecule has 1 aliphatic rings. The second-order valence-corrected chi connectivity index (χ2v) is 2.30. The summed E-state index contributed by atoms with van der Waals surface area (Å²) in [5, 5.41) is 3.13. The average molecular weight is 144 g/mol. The van der Waals surface area contributed by atoms with E-state index in [1.54, 1.807) is 0 Å². The summed E-state index contributed by atoms with van der Waals surface area (Å²) in [5.74, 6) is 0. The molecule has 0 saturated carbocycles. The van der Waals surface area contributed by atoms with Crippen molar-refractivity contribution < 1.29 is 0 Å². The highest BCUT2D eigenvalue weighted by molar-refractivity contribution is 4.68. The number of hydrogen-bond acceptors (Lipinski definition) is 2. The molecular formula is C8H20N2. The maximum atomic E-state index is 3.13. The zero-order valence-corrected chi connectivity index (χ0v) is 7.48. The summed E-state index contributed by atoms with van der Waals surface area (Å²) in [6.07, 6.45) is 1.41. The van der Waals surface area contributed by atoms with E-state index in [9.17, 15) is 0 Å². The Bertz CT molecular complexity index is 60.3. The predicted molar refractivity (Wildman–Crippen MR) is 46.3 cm³/mol. The SMILES string of the molecule is CC.CNCCN1CCC1. The van der Waals surface area contributed by atoms with E-state index in [1.807, 2.05) is 20.9 Å². The zero-order chi connectivity index (χ0) is 7.82. The van der Waals surface area contributed by atoms with Gasteiger partial charge in [-0.05, 0) is 26.6 Å². The van der Waals surface area contributed by atoms with E-state index in [1.165, 1.54) is 26.1 Å². The molecule has 10 heavy (non-hydrogen) atoms. The number of rotatable bonds is 3. The first-order chi connectivity index (χ1) is 4.93. The first-order valence-corrected chi connectivity index (χ1v) is 4.30. The van der Waals surface area contributed by atoms with Gasteiger partial charge in [-0.2, -0.15) is 0 Å². The molecule has 0 aromatic rings. The minimum Gasteiger partial charge on any atom is -0.318 e. The van der Waals surface area contributed by atoms with Crippen LogP contribution in [0.4, 0.5) is 0 Å². The fourth-order valence-electron chi connectivity index (χ4n) is 0.875. The molecule has 0 radical (unpaired) electrons. The van der Waals surface area contributed by atoms with Crippen LogP contribution in [0.3, 0.4) is 0 Å². The molecule has 1 fully saturated rings. The Morgan fingerprint density at radius 1 is 1.30 bits per heavy atom. The second-order valence-electron chi connectivity index (χ2n) is 2.30. The van der Waals surface area contributed by atoms with E-state index < -0.39 is 0 Å². The van der Waals surface area contributed by atoms with Crippen molar-refractivity contribution in [1.29, 1.82) is 0 Å². The van der Waals surface area contributed by atoms with E-state index in [2.05, 4.69) is 10.2 Å². The Balaban J connectivity index is 0.000000371. The summed E-state index contributed by atoms with van der Waals surface area (Å²) < 4.78 is 0. The highest BCUT2D eigenvalue weighted by Gasteiger charge is 2.11. The molecule has 62 valence electrons. The summed E-state index contributed by atoms with van der Waals surface area (Å²) in [7, 11) is 2.00. The molecule has 1 heterocycles. The monoisotopic (exact) mass is 144 g/mol. The van der Waals surface area contributed by atoms with Crippen LogP contribution in [0.25, 0.3) is 0 Å². The maximum absolute atomic E-state index is 3.13. The maximum Gasteiger partial charge on any atom is 0.0107 e. The van der Waals surface area contributed by atoms with Crippen molar-refractivity contribution in [3.63, 3.8) is 0 Å². The number of likely N-dealkylation sites (N-methyl/N-ethyl adjacent to an activating group) is 1. The van der Waals surface area contributed by atoms with Crippen LogP contribution >= 0.6 is 0 Å². The minimum absolute atomic E-state index is 1.14. The van der Waals surface area contributed by atoms with Crippen LogP contribution in [0.5, 0.6) is 0 Å². The highest BCUT2D eigenvalue weighted by atomic mass is 15.2. The molecule has 1 aliphatic heterocycles. The summed E-state index contributed by atoms with van der Waals surface area (Å²) in [6.45, 7) is 9.01. The van der Waals surface area contributed by atoms with Crippen molar-refractivity contribution in [1.82, 2.24) is 10.2 Å². The first kappa shape index (κ1) is 9.92. The van der Waals surface area contributed by atoms with Gasteiger partial charge in [-0.3, -0.25) is 0 Å². The van der Waals surface area contributed by atoms with Gasteiger partial charge >= 0.3 is 0 Å². The van der Waals surface area contributed by atoms with E-state index >= 15 is 0 Å². The van der Waals surface area contributed by atoms with Crippen LogP contribution in [0.1, 0.15) is 20.3 Å². The molecule has 2 heteroatoms. The molecule has 0 amide bonds. The molecule has 0 aliphatic carbocycles. The predicted octanol–water partition coefficient (Wildman–Crippen LogP) is 0.938. The molecule has 1 rings (SSSR count). The molecule has 1 saturated heterocycles. The normalized spacial score (nSPS) is 17.1. The van der Waals surface area contributed by atoms with Crippen LogP contribution in [-0.2, 0) is 0 Å². The summed E-state index contributed by atoms with van der Waals surface area (Å²) >= 11 is 0. The molecule has 0 aromatic heterocycles. The Kier molecular flexibility index (Phi) is 6.98. The molecular weight excluding hydrogens is 124 g/mol. The van der Waals surface area contributed by atoms with Crippen molar-refractivity contribution >= 4 is 0 Å². The molecule has 0 atom stereocenters. The van der Waals surface area contributed by atoms with E-state index in [0.29, 0.717) is 0 Å². The lowest BCUT2D eigenvalue weighted by Crippen LogP contribution is -2.40. The number of nitrogens with zero attached hydrogens (tertiary/aromatic N) is 1. The number of likely N-dealkylation sites (tertiary alicyclic amines) is 1. The van der Waals surface area contributed by atoms with Gasteiger partial charge < -0.3 is 10.2 Å². The van der Waals surface area contributed by atoms with Gasteiger partial charge in [-0.1, -0.05) is 13.8 Å². The second kappa shape index (κ2) is 7.03. The first-order valence-electron chi connectivity index (χ1n) is 4.30. The van der Waals surface area contributed by atoms with Crippen molar-refractivity contribution in [2.24, 2.45) is 0 Å². The van der Waals surface area contributed by atoms with Gasteiger partial charge in [0, 0.05) is 13.1 Å². The summed E-state index contributed by atoms with van der Waals surface area (Å²) in [6, 6.07) is 0. The number of hydrogen-bond donors (Lipinski definition) is 1. The van der Waals surface area contributed by atoms with Gasteiger partial charge in [0.15, 0.2) is 0 Å². The van der Waals surface area contributed by atoms with Gasteiger partial charge in [0.2, 0.25) is 0 Å². The third kappa shape index (κ3) is 3.85. The van der Waals surface area contributed by atoms with Gasteiger partial charge in [0.05, 0.1) is 0 Å². The molecule has 2 nitrogen and oxygen atoms in total. The van der Waals surface area contributed by atoms with Crippen molar-refractivity contribution in [3.05, 3.63) is 0 Å². The van der Waals surface area contributed by atoms with Gasteiger partial charge in [-0.25, -0.2) is 0 Å². The van der Waals surface area contributed by atoms with E-state index in [4.69, 9.17) is 0 Å². The van der Waals surface area contributed by atoms with Gasteiger partial charge in [-0.15, -0.1) is 0 Å². The van der Waals surface area contributed by atoms with E-state index in [-0.39, 0.29) is 0 Å². The van der Waals surface area contributed by atoms with Crippen molar-refractivity contribution in [3.8, 4) is 0 Å². The summed E-state index contributed by atoms with van der Waals surface area (Å²) in [5.41, 5.74) is 0. The van der Waals surface area contributed by atoms with Gasteiger partial charge in [0.1, 0.15) is 0 Å². The number of nitrogens with one attached hydrogen (secondary N) is 1. The zero-order valence-electron chi connectivity index (χ0n) is 7.48. The minimum atomic E-state index is 1.14. The Morgan fingerprint density at radius 3 is 2.20 bits per heavy atom. The Labute approximate surface area is 64.6 Å². The Morgan fingerprint density at radius 2 is 1.90 bits per heavy atom. The Hall–Kier alpha value is -0.0800. The largest absolute Gasteiger partial charge is 0.318 e. The quantitative estimate of drug-likeness (QED) is 0.634.